The number of amides is 1. The highest BCUT2D eigenvalue weighted by atomic mass is 16.3. The second-order valence-electron chi connectivity index (χ2n) is 4.56. The maximum absolute atomic E-state index is 11.7. The molecule has 0 aromatic carbocycles. The molecule has 1 amide bonds. The lowest BCUT2D eigenvalue weighted by Gasteiger charge is -2.34. The minimum atomic E-state index is -0.415. The van der Waals surface area contributed by atoms with E-state index in [2.05, 4.69) is 0 Å². The van der Waals surface area contributed by atoms with Crippen molar-refractivity contribution in [2.75, 3.05) is 13.1 Å². The van der Waals surface area contributed by atoms with Crippen LogP contribution < -0.4 is 0 Å². The summed E-state index contributed by atoms with van der Waals surface area (Å²) in [7, 11) is 0. The van der Waals surface area contributed by atoms with Gasteiger partial charge in [-0.1, -0.05) is 6.92 Å². The van der Waals surface area contributed by atoms with Crippen LogP contribution in [-0.2, 0) is 4.79 Å². The number of carbonyl (C=O) groups is 1. The van der Waals surface area contributed by atoms with Crippen LogP contribution in [0.1, 0.15) is 33.1 Å². The van der Waals surface area contributed by atoms with Crippen LogP contribution in [0.3, 0.4) is 0 Å². The van der Waals surface area contributed by atoms with Crippen molar-refractivity contribution in [2.45, 2.75) is 45.3 Å². The summed E-state index contributed by atoms with van der Waals surface area (Å²) >= 11 is 0. The highest BCUT2D eigenvalue weighted by Gasteiger charge is 2.26. The Balaban J connectivity index is 2.34. The van der Waals surface area contributed by atoms with Crippen LogP contribution in [0, 0.1) is 5.92 Å². The quantitative estimate of drug-likeness (QED) is 0.715. The molecule has 2 N–H and O–H groups in total. The van der Waals surface area contributed by atoms with Gasteiger partial charge in [-0.05, 0) is 25.7 Å². The van der Waals surface area contributed by atoms with Crippen LogP contribution in [0.4, 0.5) is 0 Å². The standard InChI is InChI=1S/C11H21NO3/c1-8-7-12(6-5-10(8)14)11(15)4-3-9(2)13/h8-10,13-14H,3-7H2,1-2H3. The predicted molar refractivity (Wildman–Crippen MR) is 57.3 cm³/mol. The first-order chi connectivity index (χ1) is 7.00. The van der Waals surface area contributed by atoms with Gasteiger partial charge in [-0.2, -0.15) is 0 Å². The number of aliphatic hydroxyl groups is 2. The summed E-state index contributed by atoms with van der Waals surface area (Å²) < 4.78 is 0. The number of hydrogen-bond acceptors (Lipinski definition) is 3. The van der Waals surface area contributed by atoms with Gasteiger partial charge >= 0.3 is 0 Å². The first-order valence-corrected chi connectivity index (χ1v) is 5.64. The predicted octanol–water partition coefficient (Wildman–Crippen LogP) is 0.377. The Labute approximate surface area is 90.9 Å². The number of hydrogen-bond donors (Lipinski definition) is 2. The molecule has 0 spiro atoms. The van der Waals surface area contributed by atoms with E-state index < -0.39 is 6.10 Å². The fourth-order valence-corrected chi connectivity index (χ4v) is 1.85. The first-order valence-electron chi connectivity index (χ1n) is 5.64. The largest absolute Gasteiger partial charge is 0.393 e. The Morgan fingerprint density at radius 1 is 1.60 bits per heavy atom. The van der Waals surface area contributed by atoms with Gasteiger partial charge in [0, 0.05) is 19.5 Å². The molecule has 0 aromatic rings. The zero-order valence-electron chi connectivity index (χ0n) is 9.52. The molecule has 4 nitrogen and oxygen atoms in total. The van der Waals surface area contributed by atoms with Crippen molar-refractivity contribution in [3.05, 3.63) is 0 Å². The van der Waals surface area contributed by atoms with Crippen LogP contribution in [0.2, 0.25) is 0 Å². The lowest BCUT2D eigenvalue weighted by atomic mass is 9.96. The van der Waals surface area contributed by atoms with E-state index in [1.165, 1.54) is 0 Å². The molecule has 15 heavy (non-hydrogen) atoms. The Bertz CT molecular complexity index is 218. The average molecular weight is 215 g/mol. The third-order valence-electron chi connectivity index (χ3n) is 2.99. The summed E-state index contributed by atoms with van der Waals surface area (Å²) in [5.41, 5.74) is 0. The lowest BCUT2D eigenvalue weighted by molar-refractivity contribution is -0.135. The zero-order chi connectivity index (χ0) is 11.4. The molecule has 1 aliphatic rings. The second kappa shape index (κ2) is 5.47. The number of aliphatic hydroxyl groups excluding tert-OH is 2. The van der Waals surface area contributed by atoms with Crippen LogP contribution in [0.25, 0.3) is 0 Å². The molecule has 0 radical (unpaired) electrons. The van der Waals surface area contributed by atoms with Gasteiger partial charge in [-0.25, -0.2) is 0 Å². The Kier molecular flexibility index (Phi) is 4.54. The molecule has 1 aliphatic heterocycles. The molecule has 0 bridgehead atoms. The summed E-state index contributed by atoms with van der Waals surface area (Å²) in [6.07, 6.45) is 0.904. The molecular formula is C11H21NO3. The van der Waals surface area contributed by atoms with Crippen LogP contribution in [0.15, 0.2) is 0 Å². The van der Waals surface area contributed by atoms with E-state index in [1.807, 2.05) is 6.92 Å². The maximum atomic E-state index is 11.7. The van der Waals surface area contributed by atoms with Gasteiger partial charge in [0.05, 0.1) is 12.2 Å². The van der Waals surface area contributed by atoms with Crippen LogP contribution >= 0.6 is 0 Å². The molecule has 3 unspecified atom stereocenters. The molecular weight excluding hydrogens is 194 g/mol. The number of piperidine rings is 1. The second-order valence-corrected chi connectivity index (χ2v) is 4.56. The summed E-state index contributed by atoms with van der Waals surface area (Å²) in [5, 5.41) is 18.6. The fourth-order valence-electron chi connectivity index (χ4n) is 1.85. The molecule has 3 atom stereocenters. The Hall–Kier alpha value is -0.610. The molecule has 1 heterocycles. The van der Waals surface area contributed by atoms with Gasteiger partial charge in [0.25, 0.3) is 0 Å². The third-order valence-corrected chi connectivity index (χ3v) is 2.99. The van der Waals surface area contributed by atoms with Gasteiger partial charge in [-0.3, -0.25) is 4.79 Å². The van der Waals surface area contributed by atoms with Crippen molar-refractivity contribution >= 4 is 5.91 Å². The van der Waals surface area contributed by atoms with E-state index in [-0.39, 0.29) is 17.9 Å². The molecule has 1 fully saturated rings. The highest BCUT2D eigenvalue weighted by Crippen LogP contribution is 2.17. The van der Waals surface area contributed by atoms with Crippen molar-refractivity contribution in [1.29, 1.82) is 0 Å². The molecule has 0 saturated carbocycles. The minimum absolute atomic E-state index is 0.0923. The smallest absolute Gasteiger partial charge is 0.222 e. The van der Waals surface area contributed by atoms with Crippen molar-refractivity contribution in [1.82, 2.24) is 4.90 Å². The van der Waals surface area contributed by atoms with Gasteiger partial charge in [0.2, 0.25) is 5.91 Å². The molecule has 0 aliphatic carbocycles. The highest BCUT2D eigenvalue weighted by molar-refractivity contribution is 5.76. The summed E-state index contributed by atoms with van der Waals surface area (Å²) in [5.74, 6) is 0.254. The van der Waals surface area contributed by atoms with Gasteiger partial charge in [-0.15, -0.1) is 0 Å². The summed E-state index contributed by atoms with van der Waals surface area (Å²) in [6.45, 7) is 4.93. The molecule has 88 valence electrons. The van der Waals surface area contributed by atoms with E-state index in [9.17, 15) is 9.90 Å². The topological polar surface area (TPSA) is 60.8 Å². The number of carbonyl (C=O) groups excluding carboxylic acids is 1. The summed E-state index contributed by atoms with van der Waals surface area (Å²) in [6, 6.07) is 0. The van der Waals surface area contributed by atoms with E-state index in [4.69, 9.17) is 5.11 Å². The van der Waals surface area contributed by atoms with Crippen molar-refractivity contribution < 1.29 is 15.0 Å². The monoisotopic (exact) mass is 215 g/mol. The zero-order valence-corrected chi connectivity index (χ0v) is 9.52. The van der Waals surface area contributed by atoms with E-state index in [0.717, 1.165) is 0 Å². The SMILES string of the molecule is CC(O)CCC(=O)N1CCC(O)C(C)C1. The summed E-state index contributed by atoms with van der Waals surface area (Å²) in [4.78, 5) is 13.5. The van der Waals surface area contributed by atoms with E-state index >= 15 is 0 Å². The number of rotatable bonds is 3. The van der Waals surface area contributed by atoms with E-state index in [0.29, 0.717) is 32.4 Å². The van der Waals surface area contributed by atoms with Crippen LogP contribution in [-0.4, -0.2) is 46.3 Å². The molecule has 1 saturated heterocycles. The third kappa shape index (κ3) is 3.80. The first kappa shape index (κ1) is 12.5. The van der Waals surface area contributed by atoms with Crippen molar-refractivity contribution in [3.8, 4) is 0 Å². The maximum Gasteiger partial charge on any atom is 0.222 e. The molecule has 0 aromatic heterocycles. The minimum Gasteiger partial charge on any atom is -0.393 e. The number of nitrogens with zero attached hydrogens (tertiary/aromatic N) is 1. The average Bonchev–Trinajstić information content (AvgIpc) is 2.18. The van der Waals surface area contributed by atoms with Crippen molar-refractivity contribution in [3.63, 3.8) is 0 Å². The van der Waals surface area contributed by atoms with Crippen molar-refractivity contribution in [2.24, 2.45) is 5.92 Å². The van der Waals surface area contributed by atoms with Gasteiger partial charge < -0.3 is 15.1 Å². The molecule has 1 rings (SSSR count). The van der Waals surface area contributed by atoms with E-state index in [1.54, 1.807) is 11.8 Å². The molecule has 4 heteroatoms. The fraction of sp³-hybridized carbons (Fsp3) is 0.909. The van der Waals surface area contributed by atoms with Crippen LogP contribution in [0.5, 0.6) is 0 Å². The normalized spacial score (nSPS) is 28.9. The van der Waals surface area contributed by atoms with Gasteiger partial charge in [0.1, 0.15) is 0 Å². The van der Waals surface area contributed by atoms with Gasteiger partial charge in [0.15, 0.2) is 0 Å². The lowest BCUT2D eigenvalue weighted by Crippen LogP contribution is -2.45. The number of likely N-dealkylation sites (tertiary alicyclic amines) is 1. The Morgan fingerprint density at radius 3 is 2.80 bits per heavy atom. The Morgan fingerprint density at radius 2 is 2.27 bits per heavy atom.